The van der Waals surface area contributed by atoms with Crippen molar-refractivity contribution in [1.29, 1.82) is 0 Å². The van der Waals surface area contributed by atoms with Crippen LogP contribution in [0.2, 0.25) is 0 Å². The number of rotatable bonds is 2. The number of amides is 1. The fourth-order valence-electron chi connectivity index (χ4n) is 4.19. The number of quaternary nitrogens is 1. The van der Waals surface area contributed by atoms with Gasteiger partial charge in [-0.2, -0.15) is 5.10 Å². The second-order valence-corrected chi connectivity index (χ2v) is 8.83. The van der Waals surface area contributed by atoms with E-state index >= 15 is 0 Å². The van der Waals surface area contributed by atoms with Crippen molar-refractivity contribution in [3.63, 3.8) is 0 Å². The van der Waals surface area contributed by atoms with E-state index in [1.807, 2.05) is 29.2 Å². The maximum atomic E-state index is 12.8. The Morgan fingerprint density at radius 2 is 1.72 bits per heavy atom. The molecule has 1 amide bonds. The van der Waals surface area contributed by atoms with E-state index in [0.717, 1.165) is 37.6 Å². The summed E-state index contributed by atoms with van der Waals surface area (Å²) in [5.41, 5.74) is 2.44. The number of likely N-dealkylation sites (N-methyl/N-ethyl adjacent to an activating group) is 1. The second-order valence-electron chi connectivity index (χ2n) is 8.83. The van der Waals surface area contributed by atoms with Crippen LogP contribution in [-0.4, -0.2) is 65.4 Å². The van der Waals surface area contributed by atoms with Crippen LogP contribution in [0.4, 0.5) is 0 Å². The van der Waals surface area contributed by atoms with Gasteiger partial charge >= 0.3 is 0 Å². The number of piperazine rings is 1. The zero-order valence-electron chi connectivity index (χ0n) is 17.4. The largest absolute Gasteiger partial charge is 0.334 e. The van der Waals surface area contributed by atoms with Gasteiger partial charge in [-0.1, -0.05) is 13.8 Å². The first-order valence-corrected chi connectivity index (χ1v) is 10.1. The SMILES string of the molecule is Cc1nn(-c2ccc(C(=O)N3CC[NH+](C)CC3)cc2)c2c1C(=O)C(=O)C(C)(C)C2. The summed E-state index contributed by atoms with van der Waals surface area (Å²) in [6.07, 6.45) is 0.456. The van der Waals surface area contributed by atoms with Crippen molar-refractivity contribution in [2.75, 3.05) is 33.2 Å². The molecule has 1 fully saturated rings. The van der Waals surface area contributed by atoms with Crippen LogP contribution >= 0.6 is 0 Å². The van der Waals surface area contributed by atoms with Crippen molar-refractivity contribution >= 4 is 17.5 Å². The number of hydrogen-bond donors (Lipinski definition) is 1. The Balaban J connectivity index is 1.63. The normalized spacial score (nSPS) is 19.4. The first kappa shape index (κ1) is 19.5. The highest BCUT2D eigenvalue weighted by Crippen LogP contribution is 2.34. The maximum Gasteiger partial charge on any atom is 0.254 e. The number of aryl methyl sites for hydroxylation is 1. The Hall–Kier alpha value is -2.80. The minimum atomic E-state index is -0.742. The third kappa shape index (κ3) is 3.29. The molecule has 1 aromatic carbocycles. The van der Waals surface area contributed by atoms with E-state index in [-0.39, 0.29) is 11.7 Å². The van der Waals surface area contributed by atoms with Gasteiger partial charge in [-0.15, -0.1) is 0 Å². The van der Waals surface area contributed by atoms with Gasteiger partial charge in [-0.05, 0) is 31.2 Å². The van der Waals surface area contributed by atoms with E-state index < -0.39 is 11.2 Å². The Bertz CT molecular complexity index is 996. The average Bonchev–Trinajstić information content (AvgIpc) is 3.02. The van der Waals surface area contributed by atoms with E-state index in [9.17, 15) is 14.4 Å². The Labute approximate surface area is 170 Å². The van der Waals surface area contributed by atoms with Crippen molar-refractivity contribution in [2.24, 2.45) is 5.41 Å². The summed E-state index contributed by atoms with van der Waals surface area (Å²) >= 11 is 0. The van der Waals surface area contributed by atoms with Crippen LogP contribution in [-0.2, 0) is 11.2 Å². The van der Waals surface area contributed by atoms with Gasteiger partial charge in [0.25, 0.3) is 5.91 Å². The van der Waals surface area contributed by atoms with Crippen LogP contribution in [0.5, 0.6) is 0 Å². The van der Waals surface area contributed by atoms with Crippen LogP contribution in [0.15, 0.2) is 24.3 Å². The van der Waals surface area contributed by atoms with Gasteiger partial charge in [0, 0.05) is 17.4 Å². The van der Waals surface area contributed by atoms with Crippen molar-refractivity contribution in [2.45, 2.75) is 27.2 Å². The van der Waals surface area contributed by atoms with Crippen LogP contribution in [0.3, 0.4) is 0 Å². The molecule has 1 saturated heterocycles. The molecule has 4 rings (SSSR count). The predicted octanol–water partition coefficient (Wildman–Crippen LogP) is 0.485. The first-order valence-electron chi connectivity index (χ1n) is 10.1. The molecular weight excluding hydrogens is 368 g/mol. The molecule has 0 atom stereocenters. The molecule has 0 spiro atoms. The number of Topliss-reactive ketones (excluding diaryl/α,β-unsaturated/α-hetero) is 2. The van der Waals surface area contributed by atoms with Gasteiger partial charge < -0.3 is 9.80 Å². The maximum absolute atomic E-state index is 12.8. The van der Waals surface area contributed by atoms with Gasteiger partial charge in [0.15, 0.2) is 0 Å². The summed E-state index contributed by atoms with van der Waals surface area (Å²) in [4.78, 5) is 41.1. The topological polar surface area (TPSA) is 76.7 Å². The Morgan fingerprint density at radius 1 is 1.10 bits per heavy atom. The lowest BCUT2D eigenvalue weighted by Crippen LogP contribution is -3.12. The van der Waals surface area contributed by atoms with Gasteiger partial charge in [0.1, 0.15) is 0 Å². The third-order valence-corrected chi connectivity index (χ3v) is 6.08. The van der Waals surface area contributed by atoms with Crippen molar-refractivity contribution < 1.29 is 19.3 Å². The molecule has 2 aromatic rings. The molecule has 1 aliphatic heterocycles. The molecule has 152 valence electrons. The highest BCUT2D eigenvalue weighted by Gasteiger charge is 2.43. The molecule has 1 aliphatic carbocycles. The number of nitrogens with zero attached hydrogens (tertiary/aromatic N) is 3. The molecule has 7 heteroatoms. The molecule has 0 unspecified atom stereocenters. The summed E-state index contributed by atoms with van der Waals surface area (Å²) in [5, 5.41) is 4.53. The number of benzene rings is 1. The average molecular weight is 395 g/mol. The molecular formula is C22H27N4O3+. The van der Waals surface area contributed by atoms with E-state index in [1.165, 1.54) is 4.90 Å². The number of aromatic nitrogens is 2. The fourth-order valence-corrected chi connectivity index (χ4v) is 4.19. The zero-order chi connectivity index (χ0) is 20.9. The number of ketones is 2. The molecule has 0 radical (unpaired) electrons. The highest BCUT2D eigenvalue weighted by atomic mass is 16.2. The van der Waals surface area contributed by atoms with Crippen LogP contribution < -0.4 is 4.90 Å². The molecule has 2 aliphatic rings. The van der Waals surface area contributed by atoms with Crippen molar-refractivity contribution in [3.8, 4) is 5.69 Å². The molecule has 2 heterocycles. The summed E-state index contributed by atoms with van der Waals surface area (Å²) in [5.74, 6) is -0.767. The summed E-state index contributed by atoms with van der Waals surface area (Å²) in [6, 6.07) is 7.34. The van der Waals surface area contributed by atoms with Gasteiger partial charge in [0.05, 0.1) is 55.9 Å². The van der Waals surface area contributed by atoms with Gasteiger partial charge in [-0.25, -0.2) is 4.68 Å². The van der Waals surface area contributed by atoms with Crippen molar-refractivity contribution in [3.05, 3.63) is 46.8 Å². The summed E-state index contributed by atoms with van der Waals surface area (Å²) in [7, 11) is 2.14. The fraction of sp³-hybridized carbons (Fsp3) is 0.455. The molecule has 0 bridgehead atoms. The molecule has 0 saturated carbocycles. The minimum Gasteiger partial charge on any atom is -0.334 e. The van der Waals surface area contributed by atoms with Crippen LogP contribution in [0, 0.1) is 12.3 Å². The van der Waals surface area contributed by atoms with Gasteiger partial charge in [0.2, 0.25) is 11.6 Å². The number of carbonyl (C=O) groups is 3. The van der Waals surface area contributed by atoms with Crippen molar-refractivity contribution in [1.82, 2.24) is 14.7 Å². The number of carbonyl (C=O) groups excluding carboxylic acids is 3. The lowest BCUT2D eigenvalue weighted by Gasteiger charge is -2.30. The highest BCUT2D eigenvalue weighted by molar-refractivity contribution is 6.46. The van der Waals surface area contributed by atoms with Crippen LogP contribution in [0.25, 0.3) is 5.69 Å². The van der Waals surface area contributed by atoms with E-state index in [1.54, 1.807) is 25.5 Å². The Morgan fingerprint density at radius 3 is 2.34 bits per heavy atom. The lowest BCUT2D eigenvalue weighted by molar-refractivity contribution is -0.883. The quantitative estimate of drug-likeness (QED) is 0.751. The predicted molar refractivity (Wildman–Crippen MR) is 108 cm³/mol. The van der Waals surface area contributed by atoms with Gasteiger partial charge in [-0.3, -0.25) is 14.4 Å². The molecule has 7 nitrogen and oxygen atoms in total. The first-order chi connectivity index (χ1) is 13.7. The summed E-state index contributed by atoms with van der Waals surface area (Å²) in [6.45, 7) is 8.81. The molecule has 29 heavy (non-hydrogen) atoms. The minimum absolute atomic E-state index is 0.0460. The number of nitrogens with one attached hydrogen (secondary N) is 1. The number of fused-ring (bicyclic) bond motifs is 1. The molecule has 1 aromatic heterocycles. The lowest BCUT2D eigenvalue weighted by atomic mass is 9.74. The standard InChI is InChI=1S/C22H26N4O3/c1-14-18-17(13-22(2,3)20(28)19(18)27)26(23-14)16-7-5-15(6-8-16)21(29)25-11-9-24(4)10-12-25/h5-8H,9-13H2,1-4H3/p+1. The number of hydrogen-bond acceptors (Lipinski definition) is 4. The van der Waals surface area contributed by atoms with E-state index in [0.29, 0.717) is 23.2 Å². The monoisotopic (exact) mass is 395 g/mol. The van der Waals surface area contributed by atoms with E-state index in [4.69, 9.17) is 0 Å². The van der Waals surface area contributed by atoms with E-state index in [2.05, 4.69) is 12.1 Å². The summed E-state index contributed by atoms with van der Waals surface area (Å²) < 4.78 is 1.74. The smallest absolute Gasteiger partial charge is 0.254 e. The third-order valence-electron chi connectivity index (χ3n) is 6.08. The Kier molecular flexibility index (Phi) is 4.65. The zero-order valence-corrected chi connectivity index (χ0v) is 17.4. The molecule has 1 N–H and O–H groups in total. The van der Waals surface area contributed by atoms with Crippen LogP contribution in [0.1, 0.15) is 46.0 Å². The second kappa shape index (κ2) is 6.91.